The first kappa shape index (κ1) is 33.2. The molecule has 0 saturated carbocycles. The molecule has 250 valence electrons. The number of aryl methyl sites for hydroxylation is 1. The van der Waals surface area contributed by atoms with Gasteiger partial charge in [-0.15, -0.1) is 0 Å². The van der Waals surface area contributed by atoms with Crippen molar-refractivity contribution in [1.29, 1.82) is 5.26 Å². The molecule has 4 aromatic rings. The van der Waals surface area contributed by atoms with Crippen LogP contribution in [0.15, 0.2) is 24.5 Å². The number of benzene rings is 1. The number of piperidine rings is 1. The van der Waals surface area contributed by atoms with E-state index >= 15 is 0 Å². The first-order chi connectivity index (χ1) is 22.2. The van der Waals surface area contributed by atoms with Gasteiger partial charge in [0.05, 0.1) is 34.9 Å². The highest BCUT2D eigenvalue weighted by atomic mass is 35.5. The Morgan fingerprint density at radius 1 is 1.17 bits per heavy atom. The smallest absolute Gasteiger partial charge is 0.407 e. The number of alkyl carbamates (subject to hydrolysis) is 1. The summed E-state index contributed by atoms with van der Waals surface area (Å²) in [6.45, 7) is 13.7. The van der Waals surface area contributed by atoms with E-state index in [0.29, 0.717) is 18.4 Å². The van der Waals surface area contributed by atoms with Crippen LogP contribution in [-0.2, 0) is 29.7 Å². The Balaban J connectivity index is 1.34. The Kier molecular flexibility index (Phi) is 9.02. The van der Waals surface area contributed by atoms with Crippen molar-refractivity contribution >= 4 is 53.7 Å². The third kappa shape index (κ3) is 6.98. The molecule has 47 heavy (non-hydrogen) atoms. The summed E-state index contributed by atoms with van der Waals surface area (Å²) in [5.74, 6) is 0.832. The van der Waals surface area contributed by atoms with Gasteiger partial charge in [-0.1, -0.05) is 37.3 Å². The van der Waals surface area contributed by atoms with Crippen molar-refractivity contribution in [3.05, 3.63) is 35.2 Å². The molecule has 3 aromatic heterocycles. The predicted molar refractivity (Wildman–Crippen MR) is 187 cm³/mol. The number of nitrogens with one attached hydrogen (secondary N) is 1. The van der Waals surface area contributed by atoms with Gasteiger partial charge in [0.1, 0.15) is 23.7 Å². The number of nitrogens with zero attached hydrogens (tertiary/aromatic N) is 7. The van der Waals surface area contributed by atoms with Gasteiger partial charge in [-0.2, -0.15) is 10.4 Å². The lowest BCUT2D eigenvalue weighted by Gasteiger charge is -2.39. The number of ether oxygens (including phenoxy) is 2. The minimum absolute atomic E-state index is 0.0565. The Morgan fingerprint density at radius 2 is 1.89 bits per heavy atom. The zero-order valence-corrected chi connectivity index (χ0v) is 30.2. The zero-order valence-electron chi connectivity index (χ0n) is 28.4. The van der Waals surface area contributed by atoms with Crippen LogP contribution in [0.2, 0.25) is 30.7 Å². The molecular formula is C34H45ClN8O3Si. The van der Waals surface area contributed by atoms with E-state index in [-0.39, 0.29) is 30.6 Å². The van der Waals surface area contributed by atoms with Crippen LogP contribution < -0.4 is 10.2 Å². The van der Waals surface area contributed by atoms with Gasteiger partial charge in [0.15, 0.2) is 5.65 Å². The average molecular weight is 677 g/mol. The SMILES string of the molecule is Cn1nc2ccc(-c3cn(COCC[Si](C)(C)C)c4nc(N5[C@@H]6CC[C@H]5C[C@@H](NC(=O)OC(C)(C)C)C6)cnc34)c(Cl)c2c1CC#N. The summed E-state index contributed by atoms with van der Waals surface area (Å²) in [5.41, 5.74) is 4.14. The summed E-state index contributed by atoms with van der Waals surface area (Å²) >= 11 is 7.11. The molecule has 2 saturated heterocycles. The standard InChI is InChI=1S/C34H45ClN8O3Si/c1-34(2,3)46-33(44)38-21-16-22-8-9-23(17-21)43(22)28-18-37-31-25(19-42(32(31)39-28)20-45-14-15-47(5,6)7)24-10-11-26-29(30(24)35)27(12-13-36)41(4)40-26/h10-11,18-19,21-23H,8-9,12,14-17,20H2,1-7H3,(H,38,44)/t21-,22+,23-. The van der Waals surface area contributed by atoms with Crippen LogP contribution in [0.4, 0.5) is 10.6 Å². The van der Waals surface area contributed by atoms with E-state index in [0.717, 1.165) is 76.4 Å². The number of halogens is 1. The fourth-order valence-corrected chi connectivity index (χ4v) is 8.06. The Hall–Kier alpha value is -3.66. The van der Waals surface area contributed by atoms with Crippen LogP contribution in [0, 0.1) is 11.3 Å². The second-order valence-electron chi connectivity index (χ2n) is 15.1. The van der Waals surface area contributed by atoms with Crippen molar-refractivity contribution in [3.63, 3.8) is 0 Å². The summed E-state index contributed by atoms with van der Waals surface area (Å²) < 4.78 is 15.5. The van der Waals surface area contributed by atoms with Gasteiger partial charge in [-0.05, 0) is 58.6 Å². The van der Waals surface area contributed by atoms with Gasteiger partial charge in [-0.3, -0.25) is 4.68 Å². The molecule has 6 rings (SSSR count). The van der Waals surface area contributed by atoms with E-state index in [9.17, 15) is 10.1 Å². The lowest BCUT2D eigenvalue weighted by atomic mass is 9.97. The number of hydrogen-bond acceptors (Lipinski definition) is 8. The van der Waals surface area contributed by atoms with Crippen molar-refractivity contribution in [3.8, 4) is 17.2 Å². The summed E-state index contributed by atoms with van der Waals surface area (Å²) in [6.07, 6.45) is 7.47. The fourth-order valence-electron chi connectivity index (χ4n) is 6.94. The number of aromatic nitrogens is 5. The maximum absolute atomic E-state index is 12.5. The molecule has 0 aliphatic carbocycles. The van der Waals surface area contributed by atoms with Gasteiger partial charge >= 0.3 is 6.09 Å². The maximum atomic E-state index is 12.5. The minimum Gasteiger partial charge on any atom is -0.444 e. The molecule has 2 bridgehead atoms. The monoisotopic (exact) mass is 676 g/mol. The molecule has 1 aromatic carbocycles. The third-order valence-electron chi connectivity index (χ3n) is 9.09. The van der Waals surface area contributed by atoms with Gasteiger partial charge in [0.25, 0.3) is 0 Å². The predicted octanol–water partition coefficient (Wildman–Crippen LogP) is 7.04. The minimum atomic E-state index is -1.26. The van der Waals surface area contributed by atoms with E-state index < -0.39 is 13.7 Å². The van der Waals surface area contributed by atoms with E-state index in [4.69, 9.17) is 31.0 Å². The van der Waals surface area contributed by atoms with Crippen LogP contribution >= 0.6 is 11.6 Å². The van der Waals surface area contributed by atoms with E-state index in [2.05, 4.69) is 41.0 Å². The van der Waals surface area contributed by atoms with E-state index in [1.807, 2.05) is 56.9 Å². The van der Waals surface area contributed by atoms with Crippen LogP contribution in [0.3, 0.4) is 0 Å². The molecule has 0 spiro atoms. The number of nitriles is 1. The molecule has 11 nitrogen and oxygen atoms in total. The number of carbonyl (C=O) groups excluding carboxylic acids is 1. The summed E-state index contributed by atoms with van der Waals surface area (Å²) in [4.78, 5) is 25.2. The molecular weight excluding hydrogens is 632 g/mol. The molecule has 2 aliphatic rings. The van der Waals surface area contributed by atoms with Crippen LogP contribution in [-0.4, -0.2) is 68.8 Å². The first-order valence-corrected chi connectivity index (χ1v) is 20.5. The van der Waals surface area contributed by atoms with Crippen molar-refractivity contribution in [1.82, 2.24) is 29.6 Å². The first-order valence-electron chi connectivity index (χ1n) is 16.5. The highest BCUT2D eigenvalue weighted by Gasteiger charge is 2.42. The molecule has 13 heteroatoms. The van der Waals surface area contributed by atoms with Crippen molar-refractivity contribution < 1.29 is 14.3 Å². The topological polar surface area (TPSA) is 123 Å². The highest BCUT2D eigenvalue weighted by Crippen LogP contribution is 2.42. The molecule has 0 radical (unpaired) electrons. The Labute approximate surface area is 282 Å². The van der Waals surface area contributed by atoms with E-state index in [1.165, 1.54) is 0 Å². The molecule has 0 unspecified atom stereocenters. The zero-order chi connectivity index (χ0) is 33.7. The number of carbonyl (C=O) groups is 1. The average Bonchev–Trinajstić information content (AvgIpc) is 3.58. The van der Waals surface area contributed by atoms with Crippen molar-refractivity contribution in [2.75, 3.05) is 11.5 Å². The molecule has 3 atom stereocenters. The van der Waals surface area contributed by atoms with Crippen LogP contribution in [0.1, 0.15) is 52.1 Å². The Bertz CT molecular complexity index is 1840. The fraction of sp³-hybridized carbons (Fsp3) is 0.559. The quantitative estimate of drug-likeness (QED) is 0.148. The number of amides is 1. The maximum Gasteiger partial charge on any atom is 0.407 e. The molecule has 2 fully saturated rings. The number of hydrogen-bond donors (Lipinski definition) is 1. The van der Waals surface area contributed by atoms with Gasteiger partial charge in [-0.25, -0.2) is 14.8 Å². The lowest BCUT2D eigenvalue weighted by Crippen LogP contribution is -2.51. The lowest BCUT2D eigenvalue weighted by molar-refractivity contribution is 0.0492. The summed E-state index contributed by atoms with van der Waals surface area (Å²) in [6, 6.07) is 7.77. The van der Waals surface area contributed by atoms with Crippen molar-refractivity contribution in [2.24, 2.45) is 7.05 Å². The van der Waals surface area contributed by atoms with Crippen molar-refractivity contribution in [2.45, 2.75) is 109 Å². The highest BCUT2D eigenvalue weighted by molar-refractivity contribution is 6.76. The largest absolute Gasteiger partial charge is 0.444 e. The molecule has 5 heterocycles. The van der Waals surface area contributed by atoms with Gasteiger partial charge in [0, 0.05) is 62.6 Å². The van der Waals surface area contributed by atoms with E-state index in [1.54, 1.807) is 4.68 Å². The number of rotatable bonds is 9. The third-order valence-corrected chi connectivity index (χ3v) is 11.2. The normalized spacial score (nSPS) is 19.8. The number of anilines is 1. The summed E-state index contributed by atoms with van der Waals surface area (Å²) in [5, 5.41) is 18.5. The van der Waals surface area contributed by atoms with Gasteiger partial charge in [0.2, 0.25) is 0 Å². The second kappa shape index (κ2) is 12.7. The molecule has 1 N–H and O–H groups in total. The Morgan fingerprint density at radius 3 is 2.55 bits per heavy atom. The number of fused-ring (bicyclic) bond motifs is 4. The molecule has 2 aliphatic heterocycles. The molecule has 1 amide bonds. The van der Waals surface area contributed by atoms with Crippen LogP contribution in [0.5, 0.6) is 0 Å². The summed E-state index contributed by atoms with van der Waals surface area (Å²) in [7, 11) is 0.576. The van der Waals surface area contributed by atoms with Gasteiger partial charge < -0.3 is 24.3 Å². The van der Waals surface area contributed by atoms with Crippen LogP contribution in [0.25, 0.3) is 33.2 Å². The second-order valence-corrected chi connectivity index (χ2v) is 21.1.